The van der Waals surface area contributed by atoms with Gasteiger partial charge in [-0.25, -0.2) is 0 Å². The summed E-state index contributed by atoms with van der Waals surface area (Å²) in [6, 6.07) is 2.09. The molecule has 106 valence electrons. The lowest BCUT2D eigenvalue weighted by molar-refractivity contribution is -0.143. The molecular formula is C15H24N2OS. The van der Waals surface area contributed by atoms with Gasteiger partial charge >= 0.3 is 0 Å². The van der Waals surface area contributed by atoms with Gasteiger partial charge in [-0.3, -0.25) is 4.79 Å². The van der Waals surface area contributed by atoms with E-state index in [0.29, 0.717) is 12.5 Å². The maximum atomic E-state index is 12.7. The molecule has 1 unspecified atom stereocenters. The van der Waals surface area contributed by atoms with Crippen molar-refractivity contribution in [3.8, 4) is 0 Å². The van der Waals surface area contributed by atoms with Gasteiger partial charge in [0.25, 0.3) is 0 Å². The van der Waals surface area contributed by atoms with Gasteiger partial charge in [-0.2, -0.15) is 11.3 Å². The van der Waals surface area contributed by atoms with Crippen molar-refractivity contribution < 1.29 is 4.79 Å². The number of piperidine rings is 1. The molecule has 0 bridgehead atoms. The van der Waals surface area contributed by atoms with Crippen molar-refractivity contribution in [2.24, 2.45) is 11.3 Å². The Labute approximate surface area is 120 Å². The number of carbonyl (C=O) groups excluding carboxylic acids is 1. The third kappa shape index (κ3) is 3.37. The highest BCUT2D eigenvalue weighted by Gasteiger charge is 2.38. The molecule has 1 aliphatic heterocycles. The molecule has 1 saturated heterocycles. The van der Waals surface area contributed by atoms with Crippen molar-refractivity contribution in [2.75, 3.05) is 20.1 Å². The van der Waals surface area contributed by atoms with Gasteiger partial charge < -0.3 is 10.2 Å². The predicted molar refractivity (Wildman–Crippen MR) is 80.2 cm³/mol. The molecule has 0 spiro atoms. The monoisotopic (exact) mass is 280 g/mol. The molecule has 1 aromatic rings. The number of hydrogen-bond donors (Lipinski definition) is 1. The third-order valence-electron chi connectivity index (χ3n) is 4.22. The molecule has 0 saturated carbocycles. The second-order valence-electron chi connectivity index (χ2n) is 6.06. The Kier molecular flexibility index (Phi) is 4.63. The summed E-state index contributed by atoms with van der Waals surface area (Å²) in [6.45, 7) is 6.96. The van der Waals surface area contributed by atoms with Crippen molar-refractivity contribution in [3.63, 3.8) is 0 Å². The standard InChI is InChI=1S/C15H24N2OS/c1-15(2,13-5-4-7-16-9-13)14(18)17(3)10-12-6-8-19-11-12/h6,8,11,13,16H,4-5,7,9-10H2,1-3H3. The summed E-state index contributed by atoms with van der Waals surface area (Å²) in [5.74, 6) is 0.700. The zero-order valence-electron chi connectivity index (χ0n) is 12.1. The molecule has 3 nitrogen and oxygen atoms in total. The minimum atomic E-state index is -0.280. The highest BCUT2D eigenvalue weighted by atomic mass is 32.1. The van der Waals surface area contributed by atoms with E-state index in [-0.39, 0.29) is 11.3 Å². The number of rotatable bonds is 4. The van der Waals surface area contributed by atoms with E-state index in [1.165, 1.54) is 12.0 Å². The fourth-order valence-electron chi connectivity index (χ4n) is 2.86. The topological polar surface area (TPSA) is 32.3 Å². The van der Waals surface area contributed by atoms with E-state index in [9.17, 15) is 4.79 Å². The van der Waals surface area contributed by atoms with Crippen LogP contribution in [0, 0.1) is 11.3 Å². The van der Waals surface area contributed by atoms with Crippen LogP contribution in [0.15, 0.2) is 16.8 Å². The summed E-state index contributed by atoms with van der Waals surface area (Å²) in [5.41, 5.74) is 0.941. The van der Waals surface area contributed by atoms with Crippen LogP contribution in [0.1, 0.15) is 32.3 Å². The first-order chi connectivity index (χ1) is 9.01. The molecule has 2 rings (SSSR count). The molecule has 0 aromatic carbocycles. The Hall–Kier alpha value is -0.870. The van der Waals surface area contributed by atoms with E-state index in [1.807, 2.05) is 11.9 Å². The Morgan fingerprint density at radius 3 is 2.95 bits per heavy atom. The first kappa shape index (κ1) is 14.5. The zero-order valence-corrected chi connectivity index (χ0v) is 12.9. The van der Waals surface area contributed by atoms with Crippen molar-refractivity contribution in [1.29, 1.82) is 0 Å². The SMILES string of the molecule is CN(Cc1ccsc1)C(=O)C(C)(C)C1CCCNC1. The molecule has 0 radical (unpaired) electrons. The average molecular weight is 280 g/mol. The van der Waals surface area contributed by atoms with Gasteiger partial charge in [0.05, 0.1) is 0 Å². The van der Waals surface area contributed by atoms with Crippen LogP contribution < -0.4 is 5.32 Å². The fourth-order valence-corrected chi connectivity index (χ4v) is 3.52. The Balaban J connectivity index is 2.00. The summed E-state index contributed by atoms with van der Waals surface area (Å²) >= 11 is 1.68. The van der Waals surface area contributed by atoms with Crippen molar-refractivity contribution in [3.05, 3.63) is 22.4 Å². The number of nitrogens with zero attached hydrogens (tertiary/aromatic N) is 1. The number of hydrogen-bond acceptors (Lipinski definition) is 3. The lowest BCUT2D eigenvalue weighted by Gasteiger charge is -2.38. The van der Waals surface area contributed by atoms with Crippen LogP contribution >= 0.6 is 11.3 Å². The van der Waals surface area contributed by atoms with Crippen molar-refractivity contribution in [1.82, 2.24) is 10.2 Å². The molecule has 4 heteroatoms. The molecular weight excluding hydrogens is 256 g/mol. The minimum Gasteiger partial charge on any atom is -0.341 e. The molecule has 1 amide bonds. The van der Waals surface area contributed by atoms with Crippen molar-refractivity contribution in [2.45, 2.75) is 33.2 Å². The van der Waals surface area contributed by atoms with Crippen LogP contribution in [0.5, 0.6) is 0 Å². The van der Waals surface area contributed by atoms with Gasteiger partial charge in [0.1, 0.15) is 0 Å². The predicted octanol–water partition coefficient (Wildman–Crippen LogP) is 2.73. The lowest BCUT2D eigenvalue weighted by atomic mass is 9.74. The summed E-state index contributed by atoms with van der Waals surface area (Å²) in [7, 11) is 1.91. The fraction of sp³-hybridized carbons (Fsp3) is 0.667. The van der Waals surface area contributed by atoms with Gasteiger partial charge in [0.2, 0.25) is 5.91 Å². The molecule has 1 aliphatic rings. The van der Waals surface area contributed by atoms with E-state index < -0.39 is 0 Å². The quantitative estimate of drug-likeness (QED) is 0.920. The number of amides is 1. The lowest BCUT2D eigenvalue weighted by Crippen LogP contribution is -2.47. The van der Waals surface area contributed by atoms with E-state index in [4.69, 9.17) is 0 Å². The molecule has 1 atom stereocenters. The van der Waals surface area contributed by atoms with E-state index in [0.717, 1.165) is 19.5 Å². The Bertz CT molecular complexity index is 408. The Morgan fingerprint density at radius 1 is 1.58 bits per heavy atom. The molecule has 1 aromatic heterocycles. The highest BCUT2D eigenvalue weighted by molar-refractivity contribution is 7.07. The maximum Gasteiger partial charge on any atom is 0.228 e. The summed E-state index contributed by atoms with van der Waals surface area (Å²) in [6.07, 6.45) is 2.33. The van der Waals surface area contributed by atoms with E-state index in [2.05, 4.69) is 36.0 Å². The van der Waals surface area contributed by atoms with Crippen LogP contribution in [-0.4, -0.2) is 30.9 Å². The normalized spacial score (nSPS) is 20.3. The molecule has 0 aliphatic carbocycles. The van der Waals surface area contributed by atoms with Gasteiger partial charge in [-0.1, -0.05) is 13.8 Å². The minimum absolute atomic E-state index is 0.257. The van der Waals surface area contributed by atoms with Gasteiger partial charge in [0.15, 0.2) is 0 Å². The molecule has 19 heavy (non-hydrogen) atoms. The molecule has 1 N–H and O–H groups in total. The highest BCUT2D eigenvalue weighted by Crippen LogP contribution is 2.33. The maximum absolute atomic E-state index is 12.7. The van der Waals surface area contributed by atoms with Crippen molar-refractivity contribution >= 4 is 17.2 Å². The average Bonchev–Trinajstić information content (AvgIpc) is 2.91. The van der Waals surface area contributed by atoms with E-state index >= 15 is 0 Å². The second-order valence-corrected chi connectivity index (χ2v) is 6.84. The third-order valence-corrected chi connectivity index (χ3v) is 4.95. The summed E-state index contributed by atoms with van der Waals surface area (Å²) in [4.78, 5) is 14.6. The second kappa shape index (κ2) is 6.06. The van der Waals surface area contributed by atoms with Gasteiger partial charge in [-0.05, 0) is 54.2 Å². The molecule has 2 heterocycles. The first-order valence-electron chi connectivity index (χ1n) is 6.99. The number of nitrogens with one attached hydrogen (secondary N) is 1. The summed E-state index contributed by atoms with van der Waals surface area (Å²) < 4.78 is 0. The van der Waals surface area contributed by atoms with Gasteiger partial charge in [-0.15, -0.1) is 0 Å². The first-order valence-corrected chi connectivity index (χ1v) is 7.93. The van der Waals surface area contributed by atoms with E-state index in [1.54, 1.807) is 11.3 Å². The Morgan fingerprint density at radius 2 is 2.37 bits per heavy atom. The summed E-state index contributed by atoms with van der Waals surface area (Å²) in [5, 5.41) is 7.58. The van der Waals surface area contributed by atoms with Gasteiger partial charge in [0, 0.05) is 19.0 Å². The number of carbonyl (C=O) groups is 1. The van der Waals surface area contributed by atoms with Crippen LogP contribution in [0.25, 0.3) is 0 Å². The van der Waals surface area contributed by atoms with Crippen LogP contribution in [0.2, 0.25) is 0 Å². The zero-order chi connectivity index (χ0) is 13.9. The van der Waals surface area contributed by atoms with Crippen LogP contribution in [0.3, 0.4) is 0 Å². The van der Waals surface area contributed by atoms with Crippen LogP contribution in [0.4, 0.5) is 0 Å². The number of thiophene rings is 1. The van der Waals surface area contributed by atoms with Crippen LogP contribution in [-0.2, 0) is 11.3 Å². The molecule has 1 fully saturated rings. The smallest absolute Gasteiger partial charge is 0.228 e. The largest absolute Gasteiger partial charge is 0.341 e.